The van der Waals surface area contributed by atoms with Crippen LogP contribution in [0.1, 0.15) is 10.6 Å². The van der Waals surface area contributed by atoms with E-state index in [0.717, 1.165) is 5.39 Å². The molecule has 19 heavy (non-hydrogen) atoms. The van der Waals surface area contributed by atoms with Gasteiger partial charge < -0.3 is 5.11 Å². The van der Waals surface area contributed by atoms with Crippen molar-refractivity contribution >= 4 is 40.2 Å². The Morgan fingerprint density at radius 2 is 2.11 bits per heavy atom. The topological polar surface area (TPSA) is 88.9 Å². The van der Waals surface area contributed by atoms with E-state index >= 15 is 0 Å². The highest BCUT2D eigenvalue weighted by molar-refractivity contribution is 8.01. The average molecular weight is 290 g/mol. The normalized spacial score (nSPS) is 10.7. The average Bonchev–Trinajstić information content (AvgIpc) is 2.91. The predicted octanol–water partition coefficient (Wildman–Crippen LogP) is 2.33. The number of carbonyl (C=O) groups is 1. The molecular formula is C11H6N4O2S2. The van der Waals surface area contributed by atoms with Crippen LogP contribution in [0.3, 0.4) is 0 Å². The summed E-state index contributed by atoms with van der Waals surface area (Å²) in [5, 5.41) is 10.4. The monoisotopic (exact) mass is 290 g/mol. The number of carboxylic acids is 1. The van der Waals surface area contributed by atoms with Crippen molar-refractivity contribution in [1.29, 1.82) is 0 Å². The number of hydrogen-bond donors (Lipinski definition) is 1. The SMILES string of the molecule is O=C(O)c1nc(Sc2ncns2)c2ccccc2n1. The lowest BCUT2D eigenvalue weighted by Crippen LogP contribution is -2.05. The fourth-order valence-electron chi connectivity index (χ4n) is 1.51. The molecule has 1 N–H and O–H groups in total. The van der Waals surface area contributed by atoms with Gasteiger partial charge in [0.15, 0.2) is 4.34 Å². The van der Waals surface area contributed by atoms with E-state index in [2.05, 4.69) is 19.3 Å². The van der Waals surface area contributed by atoms with Crippen LogP contribution in [0.25, 0.3) is 10.9 Å². The second-order valence-electron chi connectivity index (χ2n) is 3.48. The number of fused-ring (bicyclic) bond motifs is 1. The molecule has 0 aliphatic heterocycles. The Hall–Kier alpha value is -2.06. The van der Waals surface area contributed by atoms with Crippen molar-refractivity contribution in [2.24, 2.45) is 0 Å². The first-order valence-corrected chi connectivity index (χ1v) is 6.77. The summed E-state index contributed by atoms with van der Waals surface area (Å²) in [6, 6.07) is 7.27. The van der Waals surface area contributed by atoms with Gasteiger partial charge >= 0.3 is 5.97 Å². The quantitative estimate of drug-likeness (QED) is 0.740. The number of para-hydroxylation sites is 1. The van der Waals surface area contributed by atoms with E-state index in [1.807, 2.05) is 12.1 Å². The molecule has 0 spiro atoms. The van der Waals surface area contributed by atoms with Crippen LogP contribution < -0.4 is 0 Å². The second kappa shape index (κ2) is 4.90. The van der Waals surface area contributed by atoms with Gasteiger partial charge in [-0.1, -0.05) is 18.2 Å². The molecule has 3 aromatic rings. The third-order valence-electron chi connectivity index (χ3n) is 2.28. The van der Waals surface area contributed by atoms with Gasteiger partial charge in [-0.2, -0.15) is 4.37 Å². The van der Waals surface area contributed by atoms with Crippen molar-refractivity contribution in [1.82, 2.24) is 19.3 Å². The van der Waals surface area contributed by atoms with Gasteiger partial charge in [-0.15, -0.1) is 0 Å². The van der Waals surface area contributed by atoms with Gasteiger partial charge in [0.1, 0.15) is 11.4 Å². The van der Waals surface area contributed by atoms with E-state index in [1.165, 1.54) is 29.6 Å². The van der Waals surface area contributed by atoms with Crippen LogP contribution in [0.15, 0.2) is 40.0 Å². The van der Waals surface area contributed by atoms with Crippen molar-refractivity contribution < 1.29 is 9.90 Å². The molecule has 0 amide bonds. The summed E-state index contributed by atoms with van der Waals surface area (Å²) in [6.07, 6.45) is 1.45. The summed E-state index contributed by atoms with van der Waals surface area (Å²) in [4.78, 5) is 23.2. The van der Waals surface area contributed by atoms with Gasteiger partial charge in [-0.05, 0) is 29.4 Å². The minimum Gasteiger partial charge on any atom is -0.475 e. The lowest BCUT2D eigenvalue weighted by atomic mass is 10.2. The van der Waals surface area contributed by atoms with Crippen molar-refractivity contribution in [3.05, 3.63) is 36.4 Å². The Morgan fingerprint density at radius 3 is 2.84 bits per heavy atom. The lowest BCUT2D eigenvalue weighted by molar-refractivity contribution is 0.0683. The number of hydrogen-bond acceptors (Lipinski definition) is 7. The fourth-order valence-corrected chi connectivity index (χ4v) is 2.99. The van der Waals surface area contributed by atoms with Crippen LogP contribution in [0.2, 0.25) is 0 Å². The maximum absolute atomic E-state index is 11.0. The number of rotatable bonds is 3. The molecular weight excluding hydrogens is 284 g/mol. The maximum atomic E-state index is 11.0. The van der Waals surface area contributed by atoms with Crippen LogP contribution in [0.4, 0.5) is 0 Å². The van der Waals surface area contributed by atoms with E-state index in [4.69, 9.17) is 5.11 Å². The molecule has 3 rings (SSSR count). The summed E-state index contributed by atoms with van der Waals surface area (Å²) >= 11 is 2.52. The summed E-state index contributed by atoms with van der Waals surface area (Å²) in [7, 11) is 0. The van der Waals surface area contributed by atoms with Gasteiger partial charge in [0.25, 0.3) is 0 Å². The number of carboxylic acid groups (broad SMARTS) is 1. The highest BCUT2D eigenvalue weighted by Crippen LogP contribution is 2.31. The third-order valence-corrected chi connectivity index (χ3v) is 4.00. The summed E-state index contributed by atoms with van der Waals surface area (Å²) in [6.45, 7) is 0. The Balaban J connectivity index is 2.17. The second-order valence-corrected chi connectivity index (χ2v) is 5.50. The Labute approximate surface area is 115 Å². The molecule has 0 atom stereocenters. The molecule has 6 nitrogen and oxygen atoms in total. The van der Waals surface area contributed by atoms with E-state index in [0.29, 0.717) is 14.9 Å². The number of benzene rings is 1. The molecule has 8 heteroatoms. The molecule has 94 valence electrons. The van der Waals surface area contributed by atoms with Gasteiger partial charge in [-0.3, -0.25) is 0 Å². The van der Waals surface area contributed by atoms with Crippen LogP contribution >= 0.6 is 23.3 Å². The highest BCUT2D eigenvalue weighted by Gasteiger charge is 2.14. The fraction of sp³-hybridized carbons (Fsp3) is 0. The van der Waals surface area contributed by atoms with Crippen LogP contribution in [-0.4, -0.2) is 30.4 Å². The molecule has 0 bridgehead atoms. The molecule has 2 heterocycles. The van der Waals surface area contributed by atoms with E-state index in [9.17, 15) is 4.79 Å². The molecule has 0 fully saturated rings. The first kappa shape index (κ1) is 12.0. The molecule has 0 radical (unpaired) electrons. The Morgan fingerprint density at radius 1 is 1.26 bits per heavy atom. The predicted molar refractivity (Wildman–Crippen MR) is 70.5 cm³/mol. The molecule has 0 aliphatic rings. The van der Waals surface area contributed by atoms with Gasteiger partial charge in [-0.25, -0.2) is 19.7 Å². The smallest absolute Gasteiger partial charge is 0.373 e. The standard InChI is InChI=1S/C11H6N4O2S2/c16-10(17)8-14-7-4-2-1-3-6(7)9(15-8)18-11-12-5-13-19-11/h1-5H,(H,16,17). The minimum absolute atomic E-state index is 0.217. The molecule has 0 saturated heterocycles. The van der Waals surface area contributed by atoms with Crippen molar-refractivity contribution in [3.63, 3.8) is 0 Å². The molecule has 0 saturated carbocycles. The largest absolute Gasteiger partial charge is 0.475 e. The molecule has 2 aromatic heterocycles. The third kappa shape index (κ3) is 2.40. The zero-order valence-electron chi connectivity index (χ0n) is 9.35. The van der Waals surface area contributed by atoms with Crippen molar-refractivity contribution in [2.75, 3.05) is 0 Å². The zero-order valence-corrected chi connectivity index (χ0v) is 11.0. The minimum atomic E-state index is -1.15. The number of aromatic nitrogens is 4. The zero-order chi connectivity index (χ0) is 13.2. The number of aromatic carboxylic acids is 1. The van der Waals surface area contributed by atoms with E-state index in [1.54, 1.807) is 12.1 Å². The summed E-state index contributed by atoms with van der Waals surface area (Å²) < 4.78 is 4.61. The van der Waals surface area contributed by atoms with E-state index in [-0.39, 0.29) is 5.82 Å². The molecule has 1 aromatic carbocycles. The van der Waals surface area contributed by atoms with Gasteiger partial charge in [0.2, 0.25) is 5.82 Å². The summed E-state index contributed by atoms with van der Waals surface area (Å²) in [5.74, 6) is -1.37. The Bertz CT molecular complexity index is 746. The first-order valence-electron chi connectivity index (χ1n) is 5.18. The highest BCUT2D eigenvalue weighted by atomic mass is 32.2. The molecule has 0 aliphatic carbocycles. The maximum Gasteiger partial charge on any atom is 0.373 e. The van der Waals surface area contributed by atoms with Gasteiger partial charge in [0, 0.05) is 5.39 Å². The Kier molecular flexibility index (Phi) is 3.10. The summed E-state index contributed by atoms with van der Waals surface area (Å²) in [5.41, 5.74) is 0.599. The lowest BCUT2D eigenvalue weighted by Gasteiger charge is -2.04. The van der Waals surface area contributed by atoms with Crippen LogP contribution in [0.5, 0.6) is 0 Å². The van der Waals surface area contributed by atoms with Crippen LogP contribution in [0, 0.1) is 0 Å². The van der Waals surface area contributed by atoms with E-state index < -0.39 is 5.97 Å². The van der Waals surface area contributed by atoms with Crippen LogP contribution in [-0.2, 0) is 0 Å². The number of nitrogens with zero attached hydrogens (tertiary/aromatic N) is 4. The first-order chi connectivity index (χ1) is 9.24. The molecule has 0 unspecified atom stereocenters. The van der Waals surface area contributed by atoms with Crippen molar-refractivity contribution in [2.45, 2.75) is 9.37 Å². The van der Waals surface area contributed by atoms with Crippen molar-refractivity contribution in [3.8, 4) is 0 Å². The van der Waals surface area contributed by atoms with Gasteiger partial charge in [0.05, 0.1) is 5.52 Å².